The van der Waals surface area contributed by atoms with Crippen LogP contribution < -0.4 is 17.0 Å². The van der Waals surface area contributed by atoms with Crippen LogP contribution in [0.4, 0.5) is 0 Å². The highest BCUT2D eigenvalue weighted by molar-refractivity contribution is 7.79. The van der Waals surface area contributed by atoms with E-state index in [1.54, 1.807) is 0 Å². The smallest absolute Gasteiger partial charge is 0.394 e. The monoisotopic (exact) mass is 606 g/mol. The molecule has 0 unspecified atom stereocenters. The Labute approximate surface area is 256 Å². The molecule has 2 aromatic carbocycles. The molecule has 42 heavy (non-hydrogen) atoms. The number of ether oxygens (including phenoxy) is 1. The van der Waals surface area contributed by atoms with Crippen molar-refractivity contribution in [1.29, 1.82) is 0 Å². The molecule has 0 heterocycles. The normalized spacial score (nSPS) is 10.5. The Balaban J connectivity index is 0. The number of aryl methyl sites for hydroxylation is 2. The topological polar surface area (TPSA) is 154 Å². The molecule has 0 radical (unpaired) electrons. The quantitative estimate of drug-likeness (QED) is 0.0863. The molecule has 0 saturated carbocycles. The number of hydrogen-bond acceptors (Lipinski definition) is 5. The maximum Gasteiger partial charge on any atom is 0.394 e. The standard InChI is InChI=1S/C34H50O.2H3N.H2O4S/c1-5-9-11-13-15-17-19-21-29-23-25-33(31(7-3)27-29)35-34-26-24-30(28-32(34)8-4)22-20-18-16-14-12-10-6-2;;;1-5(2,3)4/h7-8,23-28H,3-6,9-22H2,1-2H3;2*1H3;(H2,1,2,3,4). The summed E-state index contributed by atoms with van der Waals surface area (Å²) in [6.45, 7) is 12.6. The molecule has 0 aliphatic rings. The van der Waals surface area contributed by atoms with Crippen LogP contribution in [0.2, 0.25) is 0 Å². The van der Waals surface area contributed by atoms with Crippen molar-refractivity contribution in [2.45, 2.75) is 117 Å². The van der Waals surface area contributed by atoms with E-state index in [4.69, 9.17) is 22.3 Å². The van der Waals surface area contributed by atoms with Crippen LogP contribution in [-0.4, -0.2) is 17.5 Å². The second kappa shape index (κ2) is 25.0. The Bertz CT molecular complexity index is 1020. The van der Waals surface area contributed by atoms with Gasteiger partial charge in [0.15, 0.2) is 0 Å². The fraction of sp³-hybridized carbons (Fsp3) is 0.529. The van der Waals surface area contributed by atoms with Crippen molar-refractivity contribution in [2.24, 2.45) is 0 Å². The summed E-state index contributed by atoms with van der Waals surface area (Å²) in [6.07, 6.45) is 24.8. The van der Waals surface area contributed by atoms with E-state index in [9.17, 15) is 0 Å². The second-order valence-corrected chi connectivity index (χ2v) is 11.3. The van der Waals surface area contributed by atoms with Crippen molar-refractivity contribution in [2.75, 3.05) is 0 Å². The average molecular weight is 607 g/mol. The van der Waals surface area contributed by atoms with Crippen molar-refractivity contribution < 1.29 is 22.3 Å². The molecule has 0 atom stereocenters. The first-order valence-corrected chi connectivity index (χ1v) is 16.5. The van der Waals surface area contributed by atoms with Crippen LogP contribution in [0.1, 0.15) is 126 Å². The van der Waals surface area contributed by atoms with Gasteiger partial charge in [0.1, 0.15) is 11.5 Å². The molecule has 8 heteroatoms. The molecule has 0 aliphatic carbocycles. The minimum atomic E-state index is -4.67. The summed E-state index contributed by atoms with van der Waals surface area (Å²) in [7, 11) is -4.67. The van der Waals surface area contributed by atoms with Crippen LogP contribution in [-0.2, 0) is 23.2 Å². The molecule has 240 valence electrons. The van der Waals surface area contributed by atoms with Gasteiger partial charge in [0.25, 0.3) is 0 Å². The van der Waals surface area contributed by atoms with E-state index >= 15 is 0 Å². The highest BCUT2D eigenvalue weighted by atomic mass is 32.3. The molecule has 7 nitrogen and oxygen atoms in total. The van der Waals surface area contributed by atoms with Crippen molar-refractivity contribution in [3.05, 3.63) is 71.8 Å². The van der Waals surface area contributed by atoms with E-state index in [-0.39, 0.29) is 12.3 Å². The first kappa shape index (κ1) is 41.6. The fourth-order valence-corrected chi connectivity index (χ4v) is 4.70. The lowest BCUT2D eigenvalue weighted by Crippen LogP contribution is -1.94. The van der Waals surface area contributed by atoms with E-state index in [1.165, 1.54) is 101 Å². The van der Waals surface area contributed by atoms with E-state index in [0.29, 0.717) is 0 Å². The van der Waals surface area contributed by atoms with Gasteiger partial charge in [0.2, 0.25) is 0 Å². The third kappa shape index (κ3) is 20.4. The van der Waals surface area contributed by atoms with Crippen LogP contribution in [0, 0.1) is 0 Å². The molecule has 0 bridgehead atoms. The predicted molar refractivity (Wildman–Crippen MR) is 181 cm³/mol. The first-order chi connectivity index (χ1) is 19.2. The molecule has 0 aliphatic heterocycles. The maximum atomic E-state index is 8.74. The van der Waals surface area contributed by atoms with Crippen LogP contribution in [0.3, 0.4) is 0 Å². The molecule has 0 saturated heterocycles. The number of rotatable bonds is 20. The van der Waals surface area contributed by atoms with Gasteiger partial charge in [-0.25, -0.2) is 0 Å². The zero-order chi connectivity index (χ0) is 29.6. The Morgan fingerprint density at radius 1 is 0.619 bits per heavy atom. The van der Waals surface area contributed by atoms with Gasteiger partial charge in [-0.15, -0.1) is 0 Å². The molecule has 0 amide bonds. The van der Waals surface area contributed by atoms with E-state index in [1.807, 2.05) is 12.2 Å². The van der Waals surface area contributed by atoms with Gasteiger partial charge in [-0.1, -0.05) is 128 Å². The fourth-order valence-electron chi connectivity index (χ4n) is 4.70. The van der Waals surface area contributed by atoms with E-state index < -0.39 is 10.4 Å². The predicted octanol–water partition coefficient (Wildman–Crippen LogP) is 11.0. The van der Waals surface area contributed by atoms with Gasteiger partial charge in [0, 0.05) is 11.1 Å². The molecule has 2 aromatic rings. The molecular weight excluding hydrogens is 548 g/mol. The Morgan fingerprint density at radius 3 is 1.24 bits per heavy atom. The van der Waals surface area contributed by atoms with E-state index in [2.05, 4.69) is 63.4 Å². The Kier molecular flexibility index (Phi) is 24.8. The zero-order valence-corrected chi connectivity index (χ0v) is 27.1. The van der Waals surface area contributed by atoms with Gasteiger partial charge in [-0.05, 0) is 61.1 Å². The van der Waals surface area contributed by atoms with E-state index in [0.717, 1.165) is 35.5 Å². The SMILES string of the molecule is C=Cc1cc(CCCCCCCCC)ccc1Oc1ccc(CCCCCCCCC)cc1C=C.N.N.O=S(=O)(O)O. The summed E-state index contributed by atoms with van der Waals surface area (Å²) in [4.78, 5) is 0. The van der Waals surface area contributed by atoms with Gasteiger partial charge in [-0.3, -0.25) is 9.11 Å². The number of hydrogen-bond donors (Lipinski definition) is 4. The van der Waals surface area contributed by atoms with Gasteiger partial charge in [-0.2, -0.15) is 8.42 Å². The number of unbranched alkanes of at least 4 members (excludes halogenated alkanes) is 12. The van der Waals surface area contributed by atoms with Crippen molar-refractivity contribution >= 4 is 22.6 Å². The van der Waals surface area contributed by atoms with Crippen LogP contribution in [0.5, 0.6) is 11.5 Å². The summed E-state index contributed by atoms with van der Waals surface area (Å²) < 4.78 is 37.9. The molecule has 0 spiro atoms. The van der Waals surface area contributed by atoms with Crippen molar-refractivity contribution in [3.63, 3.8) is 0 Å². The molecule has 0 fully saturated rings. The van der Waals surface area contributed by atoms with Gasteiger partial charge >= 0.3 is 10.4 Å². The number of benzene rings is 2. The largest absolute Gasteiger partial charge is 0.456 e. The summed E-state index contributed by atoms with van der Waals surface area (Å²) in [6, 6.07) is 13.1. The zero-order valence-electron chi connectivity index (χ0n) is 26.3. The Hall–Kier alpha value is -2.49. The minimum absolute atomic E-state index is 0. The lowest BCUT2D eigenvalue weighted by atomic mass is 10.0. The van der Waals surface area contributed by atoms with Crippen LogP contribution in [0.15, 0.2) is 49.6 Å². The third-order valence-corrected chi connectivity index (χ3v) is 6.95. The highest BCUT2D eigenvalue weighted by Crippen LogP contribution is 2.31. The second-order valence-electron chi connectivity index (χ2n) is 10.4. The average Bonchev–Trinajstić information content (AvgIpc) is 2.92. The first-order valence-electron chi connectivity index (χ1n) is 15.1. The van der Waals surface area contributed by atoms with Crippen LogP contribution >= 0.6 is 0 Å². The lowest BCUT2D eigenvalue weighted by molar-refractivity contribution is 0.381. The van der Waals surface area contributed by atoms with Crippen LogP contribution in [0.25, 0.3) is 12.2 Å². The van der Waals surface area contributed by atoms with Crippen molar-refractivity contribution in [3.8, 4) is 11.5 Å². The van der Waals surface area contributed by atoms with Gasteiger partial charge < -0.3 is 17.0 Å². The highest BCUT2D eigenvalue weighted by Gasteiger charge is 2.08. The lowest BCUT2D eigenvalue weighted by Gasteiger charge is -2.14. The molecule has 2 rings (SSSR count). The minimum Gasteiger partial charge on any atom is -0.456 e. The summed E-state index contributed by atoms with van der Waals surface area (Å²) in [5, 5.41) is 0. The summed E-state index contributed by atoms with van der Waals surface area (Å²) in [5.74, 6) is 1.73. The molecule has 0 aromatic heterocycles. The van der Waals surface area contributed by atoms with Gasteiger partial charge in [0.05, 0.1) is 0 Å². The molecule has 8 N–H and O–H groups in total. The summed E-state index contributed by atoms with van der Waals surface area (Å²) in [5.41, 5.74) is 4.87. The van der Waals surface area contributed by atoms with Crippen molar-refractivity contribution in [1.82, 2.24) is 12.3 Å². The Morgan fingerprint density at radius 2 is 0.929 bits per heavy atom. The maximum absolute atomic E-state index is 8.74. The molecular formula is C34H58N2O5S. The third-order valence-electron chi connectivity index (χ3n) is 6.95. The summed E-state index contributed by atoms with van der Waals surface area (Å²) >= 11 is 0.